The Labute approximate surface area is 113 Å². The number of hydrogen-bond acceptors (Lipinski definition) is 4. The van der Waals surface area contributed by atoms with Crippen molar-refractivity contribution in [1.29, 1.82) is 0 Å². The van der Waals surface area contributed by atoms with Crippen molar-refractivity contribution in [2.45, 2.75) is 13.0 Å². The lowest BCUT2D eigenvalue weighted by Crippen LogP contribution is -2.33. The highest BCUT2D eigenvalue weighted by Gasteiger charge is 2.19. The molecule has 5 nitrogen and oxygen atoms in total. The summed E-state index contributed by atoms with van der Waals surface area (Å²) >= 11 is 0. The van der Waals surface area contributed by atoms with E-state index in [9.17, 15) is 4.79 Å². The molecule has 0 unspecified atom stereocenters. The first kappa shape index (κ1) is 15.0. The van der Waals surface area contributed by atoms with E-state index in [1.54, 1.807) is 19.2 Å². The third-order valence-corrected chi connectivity index (χ3v) is 2.79. The fraction of sp³-hybridized carbons (Fsp3) is 0.583. The highest BCUT2D eigenvalue weighted by molar-refractivity contribution is 5.91. The van der Waals surface area contributed by atoms with Gasteiger partial charge in [0.15, 0.2) is 5.76 Å². The molecule has 1 N–H and O–H groups in total. The SMILES string of the molecule is COCc1ccc(C(=O)N2CCCNCC2)o1.Cl. The summed E-state index contributed by atoms with van der Waals surface area (Å²) in [7, 11) is 1.60. The van der Waals surface area contributed by atoms with Crippen LogP contribution in [-0.2, 0) is 11.3 Å². The molecular formula is C12H19ClN2O3. The van der Waals surface area contributed by atoms with Gasteiger partial charge in [-0.15, -0.1) is 12.4 Å². The molecule has 0 atom stereocenters. The molecule has 1 fully saturated rings. The predicted octanol–water partition coefficient (Wildman–Crippen LogP) is 1.28. The molecule has 1 amide bonds. The second-order valence-electron chi connectivity index (χ2n) is 4.09. The van der Waals surface area contributed by atoms with Crippen LogP contribution in [0.2, 0.25) is 0 Å². The van der Waals surface area contributed by atoms with E-state index in [2.05, 4.69) is 5.32 Å². The number of nitrogens with one attached hydrogen (secondary N) is 1. The van der Waals surface area contributed by atoms with Crippen LogP contribution in [0.1, 0.15) is 22.7 Å². The molecule has 2 heterocycles. The molecule has 1 aliphatic heterocycles. The van der Waals surface area contributed by atoms with Crippen molar-refractivity contribution in [2.24, 2.45) is 0 Å². The Kier molecular flexibility index (Phi) is 6.18. The van der Waals surface area contributed by atoms with Crippen LogP contribution < -0.4 is 5.32 Å². The number of methoxy groups -OCH3 is 1. The molecule has 0 radical (unpaired) electrons. The van der Waals surface area contributed by atoms with Crippen molar-refractivity contribution in [3.8, 4) is 0 Å². The van der Waals surface area contributed by atoms with Gasteiger partial charge in [0.1, 0.15) is 12.4 Å². The second-order valence-corrected chi connectivity index (χ2v) is 4.09. The standard InChI is InChI=1S/C12H18N2O3.ClH/c1-16-9-10-3-4-11(17-10)12(15)14-7-2-5-13-6-8-14;/h3-4,13H,2,5-9H2,1H3;1H. The number of carbonyl (C=O) groups excluding carboxylic acids is 1. The lowest BCUT2D eigenvalue weighted by Gasteiger charge is -2.18. The monoisotopic (exact) mass is 274 g/mol. The van der Waals surface area contributed by atoms with Crippen molar-refractivity contribution in [1.82, 2.24) is 10.2 Å². The summed E-state index contributed by atoms with van der Waals surface area (Å²) in [6.45, 7) is 3.73. The van der Waals surface area contributed by atoms with Crippen molar-refractivity contribution in [2.75, 3.05) is 33.3 Å². The van der Waals surface area contributed by atoms with E-state index >= 15 is 0 Å². The fourth-order valence-electron chi connectivity index (χ4n) is 1.92. The number of rotatable bonds is 3. The lowest BCUT2D eigenvalue weighted by molar-refractivity contribution is 0.0726. The summed E-state index contributed by atoms with van der Waals surface area (Å²) < 4.78 is 10.4. The van der Waals surface area contributed by atoms with Crippen LogP contribution >= 0.6 is 12.4 Å². The first-order valence-corrected chi connectivity index (χ1v) is 5.89. The van der Waals surface area contributed by atoms with Gasteiger partial charge in [-0.25, -0.2) is 0 Å². The van der Waals surface area contributed by atoms with Gasteiger partial charge < -0.3 is 19.4 Å². The number of nitrogens with zero attached hydrogens (tertiary/aromatic N) is 1. The van der Waals surface area contributed by atoms with Crippen LogP contribution in [0, 0.1) is 0 Å². The number of halogens is 1. The van der Waals surface area contributed by atoms with Crippen LogP contribution in [0.5, 0.6) is 0 Å². The van der Waals surface area contributed by atoms with E-state index in [1.165, 1.54) is 0 Å². The fourth-order valence-corrected chi connectivity index (χ4v) is 1.92. The number of amides is 1. The molecule has 1 saturated heterocycles. The Morgan fingerprint density at radius 3 is 3.06 bits per heavy atom. The normalized spacial score (nSPS) is 15.9. The van der Waals surface area contributed by atoms with Gasteiger partial charge in [-0.2, -0.15) is 0 Å². The smallest absolute Gasteiger partial charge is 0.289 e. The zero-order valence-corrected chi connectivity index (χ0v) is 11.3. The zero-order valence-electron chi connectivity index (χ0n) is 10.5. The second kappa shape index (κ2) is 7.41. The molecule has 0 saturated carbocycles. The third kappa shape index (κ3) is 3.73. The topological polar surface area (TPSA) is 54.7 Å². The van der Waals surface area contributed by atoms with E-state index < -0.39 is 0 Å². The Morgan fingerprint density at radius 1 is 1.44 bits per heavy atom. The molecule has 6 heteroatoms. The molecule has 1 aromatic rings. The minimum Gasteiger partial charge on any atom is -0.453 e. The predicted molar refractivity (Wildman–Crippen MR) is 70.1 cm³/mol. The van der Waals surface area contributed by atoms with Crippen LogP contribution in [-0.4, -0.2) is 44.1 Å². The van der Waals surface area contributed by atoms with Gasteiger partial charge >= 0.3 is 0 Å². The van der Waals surface area contributed by atoms with Gasteiger partial charge in [-0.1, -0.05) is 0 Å². The number of ether oxygens (including phenoxy) is 1. The quantitative estimate of drug-likeness (QED) is 0.902. The summed E-state index contributed by atoms with van der Waals surface area (Å²) in [6.07, 6.45) is 0.984. The van der Waals surface area contributed by atoms with E-state index in [0.717, 1.165) is 32.6 Å². The van der Waals surface area contributed by atoms with Crippen molar-refractivity contribution < 1.29 is 13.9 Å². The summed E-state index contributed by atoms with van der Waals surface area (Å²) in [5.74, 6) is 1.05. The highest BCUT2D eigenvalue weighted by atomic mass is 35.5. The van der Waals surface area contributed by atoms with Crippen LogP contribution in [0.4, 0.5) is 0 Å². The average Bonchev–Trinajstić information content (AvgIpc) is 2.64. The summed E-state index contributed by atoms with van der Waals surface area (Å²) in [4.78, 5) is 14.0. The summed E-state index contributed by atoms with van der Waals surface area (Å²) in [5, 5.41) is 3.26. The number of furan rings is 1. The van der Waals surface area contributed by atoms with Crippen molar-refractivity contribution in [3.63, 3.8) is 0 Å². The average molecular weight is 275 g/mol. The van der Waals surface area contributed by atoms with E-state index in [4.69, 9.17) is 9.15 Å². The molecule has 0 aromatic carbocycles. The van der Waals surface area contributed by atoms with E-state index in [0.29, 0.717) is 18.1 Å². The molecule has 0 aliphatic carbocycles. The molecular weight excluding hydrogens is 256 g/mol. The maximum Gasteiger partial charge on any atom is 0.289 e. The Balaban J connectivity index is 0.00000162. The Morgan fingerprint density at radius 2 is 2.28 bits per heavy atom. The van der Waals surface area contributed by atoms with Crippen LogP contribution in [0.3, 0.4) is 0 Å². The zero-order chi connectivity index (χ0) is 12.1. The molecule has 1 aliphatic rings. The first-order valence-electron chi connectivity index (χ1n) is 5.89. The molecule has 1 aromatic heterocycles. The van der Waals surface area contributed by atoms with Gasteiger partial charge in [-0.05, 0) is 25.1 Å². The maximum atomic E-state index is 12.1. The van der Waals surface area contributed by atoms with Crippen molar-refractivity contribution in [3.05, 3.63) is 23.7 Å². The largest absolute Gasteiger partial charge is 0.453 e. The molecule has 0 spiro atoms. The van der Waals surface area contributed by atoms with Crippen LogP contribution in [0.25, 0.3) is 0 Å². The van der Waals surface area contributed by atoms with E-state index in [-0.39, 0.29) is 18.3 Å². The Hall–Kier alpha value is -1.04. The van der Waals surface area contributed by atoms with Crippen molar-refractivity contribution >= 4 is 18.3 Å². The number of hydrogen-bond donors (Lipinski definition) is 1. The van der Waals surface area contributed by atoms with Gasteiger partial charge in [0.25, 0.3) is 5.91 Å². The minimum atomic E-state index is -0.0314. The molecule has 0 bridgehead atoms. The molecule has 18 heavy (non-hydrogen) atoms. The third-order valence-electron chi connectivity index (χ3n) is 2.79. The summed E-state index contributed by atoms with van der Waals surface area (Å²) in [6, 6.07) is 3.50. The van der Waals surface area contributed by atoms with Gasteiger partial charge in [0, 0.05) is 26.7 Å². The maximum absolute atomic E-state index is 12.1. The molecule has 2 rings (SSSR count). The van der Waals surface area contributed by atoms with E-state index in [1.807, 2.05) is 4.90 Å². The van der Waals surface area contributed by atoms with Gasteiger partial charge in [-0.3, -0.25) is 4.79 Å². The van der Waals surface area contributed by atoms with Gasteiger partial charge in [0.2, 0.25) is 0 Å². The highest BCUT2D eigenvalue weighted by Crippen LogP contribution is 2.12. The minimum absolute atomic E-state index is 0. The van der Waals surface area contributed by atoms with Gasteiger partial charge in [0.05, 0.1) is 0 Å². The lowest BCUT2D eigenvalue weighted by atomic mass is 10.3. The summed E-state index contributed by atoms with van der Waals surface area (Å²) in [5.41, 5.74) is 0. The molecule has 102 valence electrons. The first-order chi connectivity index (χ1) is 8.31. The van der Waals surface area contributed by atoms with Crippen LogP contribution in [0.15, 0.2) is 16.5 Å². The Bertz CT molecular complexity index is 373. The number of carbonyl (C=O) groups is 1.